The second kappa shape index (κ2) is 8.67. The van der Waals surface area contributed by atoms with Crippen LogP contribution in [0.15, 0.2) is 53.7 Å². The van der Waals surface area contributed by atoms with E-state index in [4.69, 9.17) is 9.47 Å². The Morgan fingerprint density at radius 1 is 1.25 bits per heavy atom. The first-order valence-corrected chi connectivity index (χ1v) is 10.3. The number of nitrogens with one attached hydrogen (secondary N) is 1. The summed E-state index contributed by atoms with van der Waals surface area (Å²) in [6, 6.07) is 15.7. The molecule has 1 amide bonds. The number of H-pyrrole nitrogens is 1. The average molecular weight is 398 g/mol. The molecule has 7 heteroatoms. The van der Waals surface area contributed by atoms with Crippen LogP contribution in [-0.2, 0) is 9.53 Å². The standard InChI is InChI=1S/C21H23N3O3S/c1-2-27-16-8-9-17-18(14-16)23-21(22-17)28-19(15-6-4-3-5-7-15)20(25)24-10-12-26-13-11-24/h3-9,14,19H,2,10-13H2,1H3,(H,22,23)/t19-/m1/s1. The molecule has 4 rings (SSSR count). The Labute approximate surface area is 168 Å². The summed E-state index contributed by atoms with van der Waals surface area (Å²) >= 11 is 1.45. The fourth-order valence-corrected chi connectivity index (χ4v) is 4.31. The first kappa shape index (κ1) is 18.8. The van der Waals surface area contributed by atoms with Crippen LogP contribution in [0, 0.1) is 0 Å². The summed E-state index contributed by atoms with van der Waals surface area (Å²) in [5, 5.41) is 0.366. The number of imidazole rings is 1. The van der Waals surface area contributed by atoms with Crippen LogP contribution in [0.2, 0.25) is 0 Å². The largest absolute Gasteiger partial charge is 0.494 e. The average Bonchev–Trinajstić information content (AvgIpc) is 3.15. The van der Waals surface area contributed by atoms with E-state index < -0.39 is 0 Å². The molecular weight excluding hydrogens is 374 g/mol. The van der Waals surface area contributed by atoms with Crippen molar-refractivity contribution in [2.45, 2.75) is 17.3 Å². The highest BCUT2D eigenvalue weighted by Crippen LogP contribution is 2.36. The van der Waals surface area contributed by atoms with Gasteiger partial charge in [0.1, 0.15) is 11.0 Å². The molecule has 0 saturated carbocycles. The van der Waals surface area contributed by atoms with Crippen molar-refractivity contribution < 1.29 is 14.3 Å². The van der Waals surface area contributed by atoms with E-state index in [1.54, 1.807) is 0 Å². The van der Waals surface area contributed by atoms with E-state index in [-0.39, 0.29) is 11.2 Å². The SMILES string of the molecule is CCOc1ccc2nc(S[C@@H](C(=O)N3CCOCC3)c3ccccc3)[nH]c2c1. The summed E-state index contributed by atoms with van der Waals surface area (Å²) in [5.41, 5.74) is 2.73. The Kier molecular flexibility index (Phi) is 5.83. The third-order valence-electron chi connectivity index (χ3n) is 4.62. The second-order valence-corrected chi connectivity index (χ2v) is 7.59. The molecule has 1 fully saturated rings. The normalized spacial score (nSPS) is 15.5. The lowest BCUT2D eigenvalue weighted by molar-refractivity contribution is -0.134. The number of hydrogen-bond donors (Lipinski definition) is 1. The summed E-state index contributed by atoms with van der Waals surface area (Å²) in [4.78, 5) is 23.1. The number of hydrogen-bond acceptors (Lipinski definition) is 5. The number of carbonyl (C=O) groups is 1. The Hall–Kier alpha value is -2.51. The van der Waals surface area contributed by atoms with E-state index in [0.717, 1.165) is 27.5 Å². The molecule has 0 unspecified atom stereocenters. The molecule has 2 aromatic carbocycles. The van der Waals surface area contributed by atoms with Crippen LogP contribution in [0.25, 0.3) is 11.0 Å². The lowest BCUT2D eigenvalue weighted by Crippen LogP contribution is -2.42. The van der Waals surface area contributed by atoms with E-state index in [2.05, 4.69) is 9.97 Å². The van der Waals surface area contributed by atoms with E-state index in [1.807, 2.05) is 60.4 Å². The fourth-order valence-electron chi connectivity index (χ4n) is 3.23. The van der Waals surface area contributed by atoms with Crippen LogP contribution in [0.5, 0.6) is 5.75 Å². The minimum absolute atomic E-state index is 0.0926. The van der Waals surface area contributed by atoms with Crippen molar-refractivity contribution in [1.29, 1.82) is 0 Å². The third-order valence-corrected chi connectivity index (χ3v) is 5.75. The van der Waals surface area contributed by atoms with Gasteiger partial charge >= 0.3 is 0 Å². The molecule has 1 aliphatic rings. The molecule has 3 aromatic rings. The molecule has 1 saturated heterocycles. The van der Waals surface area contributed by atoms with Crippen molar-refractivity contribution in [3.8, 4) is 5.75 Å². The number of fused-ring (bicyclic) bond motifs is 1. The van der Waals surface area contributed by atoms with Crippen molar-refractivity contribution in [2.75, 3.05) is 32.9 Å². The van der Waals surface area contributed by atoms with Gasteiger partial charge in [-0.1, -0.05) is 42.1 Å². The van der Waals surface area contributed by atoms with Crippen molar-refractivity contribution in [2.24, 2.45) is 0 Å². The van der Waals surface area contributed by atoms with Crippen LogP contribution in [0.1, 0.15) is 17.7 Å². The molecule has 28 heavy (non-hydrogen) atoms. The summed E-state index contributed by atoms with van der Waals surface area (Å²) in [7, 11) is 0. The maximum Gasteiger partial charge on any atom is 0.240 e. The van der Waals surface area contributed by atoms with E-state index in [1.165, 1.54) is 11.8 Å². The third kappa shape index (κ3) is 4.15. The molecule has 0 aliphatic carbocycles. The van der Waals surface area contributed by atoms with Gasteiger partial charge in [-0.3, -0.25) is 4.79 Å². The van der Waals surface area contributed by atoms with E-state index >= 15 is 0 Å². The lowest BCUT2D eigenvalue weighted by Gasteiger charge is -2.30. The molecule has 146 valence electrons. The molecule has 1 aliphatic heterocycles. The number of thioether (sulfide) groups is 1. The zero-order chi connectivity index (χ0) is 19.3. The number of carbonyl (C=O) groups excluding carboxylic acids is 1. The predicted molar refractivity (Wildman–Crippen MR) is 110 cm³/mol. The molecule has 1 N–H and O–H groups in total. The highest BCUT2D eigenvalue weighted by molar-refractivity contribution is 8.00. The number of benzene rings is 2. The van der Waals surface area contributed by atoms with Crippen LogP contribution in [0.3, 0.4) is 0 Å². The molecule has 0 radical (unpaired) electrons. The molecule has 0 spiro atoms. The second-order valence-electron chi connectivity index (χ2n) is 6.50. The Morgan fingerprint density at radius 2 is 2.04 bits per heavy atom. The number of morpholine rings is 1. The number of ether oxygens (including phenoxy) is 2. The number of nitrogens with zero attached hydrogens (tertiary/aromatic N) is 2. The van der Waals surface area contributed by atoms with Crippen molar-refractivity contribution in [3.63, 3.8) is 0 Å². The highest BCUT2D eigenvalue weighted by Gasteiger charge is 2.29. The van der Waals surface area contributed by atoms with Gasteiger partial charge in [0.05, 0.1) is 30.9 Å². The van der Waals surface area contributed by atoms with Crippen molar-refractivity contribution >= 4 is 28.7 Å². The van der Waals surface area contributed by atoms with Gasteiger partial charge in [0.25, 0.3) is 0 Å². The Bertz CT molecular complexity index is 938. The minimum Gasteiger partial charge on any atom is -0.494 e. The molecular formula is C21H23N3O3S. The first-order chi connectivity index (χ1) is 13.7. The summed E-state index contributed by atoms with van der Waals surface area (Å²) in [6.07, 6.45) is 0. The summed E-state index contributed by atoms with van der Waals surface area (Å²) in [5.74, 6) is 0.897. The van der Waals surface area contributed by atoms with Gasteiger partial charge in [0.15, 0.2) is 5.16 Å². The van der Waals surface area contributed by atoms with Crippen molar-refractivity contribution in [1.82, 2.24) is 14.9 Å². The maximum atomic E-state index is 13.2. The van der Waals surface area contributed by atoms with Gasteiger partial charge in [-0.2, -0.15) is 0 Å². The predicted octanol–water partition coefficient (Wildman–Crippen LogP) is 3.65. The molecule has 6 nitrogen and oxygen atoms in total. The molecule has 0 bridgehead atoms. The zero-order valence-corrected chi connectivity index (χ0v) is 16.6. The van der Waals surface area contributed by atoms with Crippen LogP contribution < -0.4 is 4.74 Å². The quantitative estimate of drug-likeness (QED) is 0.643. The Morgan fingerprint density at radius 3 is 2.79 bits per heavy atom. The summed E-state index contributed by atoms with van der Waals surface area (Å²) < 4.78 is 11.0. The topological polar surface area (TPSA) is 67.4 Å². The monoisotopic (exact) mass is 397 g/mol. The number of aromatic amines is 1. The van der Waals surface area contributed by atoms with Gasteiger partial charge in [-0.25, -0.2) is 4.98 Å². The van der Waals surface area contributed by atoms with E-state index in [0.29, 0.717) is 32.9 Å². The first-order valence-electron chi connectivity index (χ1n) is 9.45. The highest BCUT2D eigenvalue weighted by atomic mass is 32.2. The fraction of sp³-hybridized carbons (Fsp3) is 0.333. The number of aromatic nitrogens is 2. The van der Waals surface area contributed by atoms with Gasteiger partial charge in [-0.05, 0) is 24.6 Å². The molecule has 1 aromatic heterocycles. The number of amides is 1. The Balaban J connectivity index is 1.61. The van der Waals surface area contributed by atoms with E-state index in [9.17, 15) is 4.79 Å². The van der Waals surface area contributed by atoms with Gasteiger partial charge in [-0.15, -0.1) is 0 Å². The van der Waals surface area contributed by atoms with Crippen molar-refractivity contribution in [3.05, 3.63) is 54.1 Å². The lowest BCUT2D eigenvalue weighted by atomic mass is 10.1. The van der Waals surface area contributed by atoms with Gasteiger partial charge < -0.3 is 19.4 Å². The van der Waals surface area contributed by atoms with Crippen LogP contribution >= 0.6 is 11.8 Å². The summed E-state index contributed by atoms with van der Waals surface area (Å²) in [6.45, 7) is 5.00. The van der Waals surface area contributed by atoms with Gasteiger partial charge in [0.2, 0.25) is 5.91 Å². The zero-order valence-electron chi connectivity index (χ0n) is 15.8. The van der Waals surface area contributed by atoms with Gasteiger partial charge in [0, 0.05) is 19.2 Å². The molecule has 1 atom stereocenters. The molecule has 2 heterocycles. The van der Waals surface area contributed by atoms with Crippen LogP contribution in [0.4, 0.5) is 0 Å². The smallest absolute Gasteiger partial charge is 0.240 e. The minimum atomic E-state index is -0.355. The maximum absolute atomic E-state index is 13.2. The number of rotatable bonds is 6. The van der Waals surface area contributed by atoms with Crippen LogP contribution in [-0.4, -0.2) is 53.7 Å².